The highest BCUT2D eigenvalue weighted by Gasteiger charge is 2.66. The first kappa shape index (κ1) is 11.3. The fourth-order valence-electron chi connectivity index (χ4n) is 2.97. The standard InChI is InChI=1S/C14H22N2O/c1-13(2)12(14(13,3)4)10-7-16-11(17-10)8-15-9-5-6-9/h7,9,12,15H,5-6,8H2,1-4H3. The van der Waals surface area contributed by atoms with Crippen LogP contribution in [0.5, 0.6) is 0 Å². The molecule has 17 heavy (non-hydrogen) atoms. The quantitative estimate of drug-likeness (QED) is 0.870. The summed E-state index contributed by atoms with van der Waals surface area (Å²) >= 11 is 0. The van der Waals surface area contributed by atoms with Gasteiger partial charge in [-0.3, -0.25) is 0 Å². The lowest BCUT2D eigenvalue weighted by Crippen LogP contribution is -2.15. The summed E-state index contributed by atoms with van der Waals surface area (Å²) in [4.78, 5) is 4.38. The van der Waals surface area contributed by atoms with Crippen LogP contribution in [-0.2, 0) is 6.54 Å². The van der Waals surface area contributed by atoms with Gasteiger partial charge in [0.1, 0.15) is 5.76 Å². The Kier molecular flexibility index (Phi) is 2.22. The molecule has 3 nitrogen and oxygen atoms in total. The molecule has 2 fully saturated rings. The molecule has 0 aliphatic heterocycles. The molecule has 0 amide bonds. The van der Waals surface area contributed by atoms with Crippen LogP contribution in [0.1, 0.15) is 58.1 Å². The molecule has 0 atom stereocenters. The second-order valence-electron chi connectivity index (χ2n) is 6.69. The molecular formula is C14H22N2O. The van der Waals surface area contributed by atoms with Crippen LogP contribution in [0.15, 0.2) is 10.6 Å². The van der Waals surface area contributed by atoms with Crippen molar-refractivity contribution in [1.29, 1.82) is 0 Å². The molecule has 0 radical (unpaired) electrons. The van der Waals surface area contributed by atoms with Gasteiger partial charge in [0.15, 0.2) is 0 Å². The second-order valence-corrected chi connectivity index (χ2v) is 6.69. The third-order valence-corrected chi connectivity index (χ3v) is 5.00. The molecule has 1 aromatic heterocycles. The molecule has 1 N–H and O–H groups in total. The zero-order chi connectivity index (χ0) is 12.3. The van der Waals surface area contributed by atoms with Gasteiger partial charge >= 0.3 is 0 Å². The van der Waals surface area contributed by atoms with Gasteiger partial charge in [-0.1, -0.05) is 27.7 Å². The molecule has 0 unspecified atom stereocenters. The number of rotatable bonds is 4. The van der Waals surface area contributed by atoms with Crippen LogP contribution in [0, 0.1) is 10.8 Å². The predicted octanol–water partition coefficient (Wildman–Crippen LogP) is 3.08. The highest BCUT2D eigenvalue weighted by atomic mass is 16.4. The zero-order valence-electron chi connectivity index (χ0n) is 11.2. The van der Waals surface area contributed by atoms with Crippen LogP contribution in [0.4, 0.5) is 0 Å². The summed E-state index contributed by atoms with van der Waals surface area (Å²) in [5, 5.41) is 3.43. The van der Waals surface area contributed by atoms with Crippen LogP contribution in [0.2, 0.25) is 0 Å². The first-order valence-electron chi connectivity index (χ1n) is 6.61. The smallest absolute Gasteiger partial charge is 0.208 e. The topological polar surface area (TPSA) is 38.1 Å². The van der Waals surface area contributed by atoms with E-state index in [0.29, 0.717) is 22.8 Å². The maximum absolute atomic E-state index is 5.88. The monoisotopic (exact) mass is 234 g/mol. The highest BCUT2D eigenvalue weighted by molar-refractivity contribution is 5.27. The lowest BCUT2D eigenvalue weighted by molar-refractivity contribution is 0.421. The average molecular weight is 234 g/mol. The molecule has 0 spiro atoms. The summed E-state index contributed by atoms with van der Waals surface area (Å²) in [6.45, 7) is 10.0. The molecule has 94 valence electrons. The van der Waals surface area contributed by atoms with Crippen molar-refractivity contribution in [3.8, 4) is 0 Å². The second kappa shape index (κ2) is 3.35. The summed E-state index contributed by atoms with van der Waals surface area (Å²) in [6.07, 6.45) is 4.53. The van der Waals surface area contributed by atoms with Crippen molar-refractivity contribution in [3.63, 3.8) is 0 Å². The molecular weight excluding hydrogens is 212 g/mol. The van der Waals surface area contributed by atoms with Gasteiger partial charge in [-0.25, -0.2) is 4.98 Å². The molecule has 0 saturated heterocycles. The fourth-order valence-corrected chi connectivity index (χ4v) is 2.97. The van der Waals surface area contributed by atoms with E-state index in [4.69, 9.17) is 4.42 Å². The molecule has 2 aliphatic rings. The number of hydrogen-bond acceptors (Lipinski definition) is 3. The Morgan fingerprint density at radius 2 is 1.94 bits per heavy atom. The summed E-state index contributed by atoms with van der Waals surface area (Å²) in [6, 6.07) is 0.708. The molecule has 0 aromatic carbocycles. The lowest BCUT2D eigenvalue weighted by Gasteiger charge is -2.03. The van der Waals surface area contributed by atoms with Crippen molar-refractivity contribution in [2.24, 2.45) is 10.8 Å². The van der Waals surface area contributed by atoms with Gasteiger partial charge in [0.2, 0.25) is 5.89 Å². The van der Waals surface area contributed by atoms with Gasteiger partial charge < -0.3 is 9.73 Å². The van der Waals surface area contributed by atoms with Crippen molar-refractivity contribution in [2.75, 3.05) is 0 Å². The molecule has 3 rings (SSSR count). The Hall–Kier alpha value is -0.830. The van der Waals surface area contributed by atoms with E-state index >= 15 is 0 Å². The SMILES string of the molecule is CC1(C)C(c2cnc(CNC3CC3)o2)C1(C)C. The fraction of sp³-hybridized carbons (Fsp3) is 0.786. The van der Waals surface area contributed by atoms with E-state index in [0.717, 1.165) is 18.2 Å². The van der Waals surface area contributed by atoms with Gasteiger partial charge in [0.25, 0.3) is 0 Å². The van der Waals surface area contributed by atoms with Crippen molar-refractivity contribution in [3.05, 3.63) is 17.8 Å². The summed E-state index contributed by atoms with van der Waals surface area (Å²) in [5.74, 6) is 2.41. The first-order chi connectivity index (χ1) is 7.93. The first-order valence-corrected chi connectivity index (χ1v) is 6.61. The zero-order valence-corrected chi connectivity index (χ0v) is 11.2. The van der Waals surface area contributed by atoms with Gasteiger partial charge in [-0.05, 0) is 23.7 Å². The molecule has 3 heteroatoms. The Labute approximate surface area is 103 Å². The summed E-state index contributed by atoms with van der Waals surface area (Å²) < 4.78 is 5.88. The third-order valence-electron chi connectivity index (χ3n) is 5.00. The average Bonchev–Trinajstić information content (AvgIpc) is 3.05. The van der Waals surface area contributed by atoms with Crippen LogP contribution < -0.4 is 5.32 Å². The van der Waals surface area contributed by atoms with E-state index in [1.165, 1.54) is 12.8 Å². The highest BCUT2D eigenvalue weighted by Crippen LogP contribution is 2.73. The van der Waals surface area contributed by atoms with Gasteiger partial charge in [-0.2, -0.15) is 0 Å². The van der Waals surface area contributed by atoms with Crippen molar-refractivity contribution in [2.45, 2.75) is 59.0 Å². The third kappa shape index (κ3) is 1.71. The van der Waals surface area contributed by atoms with E-state index in [1.807, 2.05) is 6.20 Å². The Morgan fingerprint density at radius 3 is 2.47 bits per heavy atom. The molecule has 2 aliphatic carbocycles. The molecule has 0 bridgehead atoms. The Morgan fingerprint density at radius 1 is 1.29 bits per heavy atom. The van der Waals surface area contributed by atoms with Crippen molar-refractivity contribution < 1.29 is 4.42 Å². The van der Waals surface area contributed by atoms with E-state index in [-0.39, 0.29) is 0 Å². The van der Waals surface area contributed by atoms with Gasteiger partial charge in [0, 0.05) is 12.0 Å². The largest absolute Gasteiger partial charge is 0.444 e. The van der Waals surface area contributed by atoms with E-state index in [2.05, 4.69) is 38.0 Å². The normalized spacial score (nSPS) is 26.1. The predicted molar refractivity (Wildman–Crippen MR) is 66.7 cm³/mol. The number of aromatic nitrogens is 1. The van der Waals surface area contributed by atoms with E-state index < -0.39 is 0 Å². The van der Waals surface area contributed by atoms with Crippen LogP contribution in [0.25, 0.3) is 0 Å². The van der Waals surface area contributed by atoms with E-state index in [9.17, 15) is 0 Å². The van der Waals surface area contributed by atoms with Gasteiger partial charge in [0.05, 0.1) is 12.7 Å². The van der Waals surface area contributed by atoms with Crippen LogP contribution in [-0.4, -0.2) is 11.0 Å². The number of oxazole rings is 1. The Balaban J connectivity index is 1.68. The van der Waals surface area contributed by atoms with Crippen molar-refractivity contribution in [1.82, 2.24) is 10.3 Å². The van der Waals surface area contributed by atoms with Crippen LogP contribution >= 0.6 is 0 Å². The number of hydrogen-bond donors (Lipinski definition) is 1. The maximum Gasteiger partial charge on any atom is 0.208 e. The Bertz CT molecular complexity index is 415. The van der Waals surface area contributed by atoms with E-state index in [1.54, 1.807) is 0 Å². The minimum atomic E-state index is 0.327. The molecule has 2 saturated carbocycles. The molecule has 1 heterocycles. The number of nitrogens with one attached hydrogen (secondary N) is 1. The van der Waals surface area contributed by atoms with Crippen LogP contribution in [0.3, 0.4) is 0 Å². The molecule has 1 aromatic rings. The minimum Gasteiger partial charge on any atom is -0.444 e. The van der Waals surface area contributed by atoms with Gasteiger partial charge in [-0.15, -0.1) is 0 Å². The summed E-state index contributed by atoms with van der Waals surface area (Å²) in [5.41, 5.74) is 0.654. The van der Waals surface area contributed by atoms with Crippen molar-refractivity contribution >= 4 is 0 Å². The number of nitrogens with zero attached hydrogens (tertiary/aromatic N) is 1. The lowest BCUT2D eigenvalue weighted by atomic mass is 10.0. The maximum atomic E-state index is 5.88. The summed E-state index contributed by atoms with van der Waals surface area (Å²) in [7, 11) is 0. The minimum absolute atomic E-state index is 0.327.